The van der Waals surface area contributed by atoms with E-state index in [1.54, 1.807) is 0 Å². The predicted octanol–water partition coefficient (Wildman–Crippen LogP) is 1.23. The lowest BCUT2D eigenvalue weighted by atomic mass is 10.0. The van der Waals surface area contributed by atoms with Crippen molar-refractivity contribution >= 4 is 5.97 Å². The molecule has 3 N–H and O–H groups in total. The van der Waals surface area contributed by atoms with Gasteiger partial charge in [-0.2, -0.15) is 0 Å². The largest absolute Gasteiger partial charge is 0.478 e. The molecule has 1 aromatic rings. The lowest BCUT2D eigenvalue weighted by molar-refractivity contribution is 0.0696. The number of aromatic carboxylic acids is 1. The Balaban J connectivity index is 2.57. The quantitative estimate of drug-likeness (QED) is 0.680. The second kappa shape index (κ2) is 5.14. The number of hydrogen-bond acceptors (Lipinski definition) is 4. The Labute approximate surface area is 94.1 Å². The molecule has 0 bridgehead atoms. The van der Waals surface area contributed by atoms with Crippen LogP contribution in [0.5, 0.6) is 0 Å². The summed E-state index contributed by atoms with van der Waals surface area (Å²) in [6.45, 7) is 4.29. The van der Waals surface area contributed by atoms with Crippen molar-refractivity contribution in [3.63, 3.8) is 0 Å². The summed E-state index contributed by atoms with van der Waals surface area (Å²) < 4.78 is 5.09. The van der Waals surface area contributed by atoms with Gasteiger partial charge in [-0.05, 0) is 19.4 Å². The van der Waals surface area contributed by atoms with Gasteiger partial charge in [0.25, 0.3) is 0 Å². The summed E-state index contributed by atoms with van der Waals surface area (Å²) in [5, 5.41) is 21.0. The van der Waals surface area contributed by atoms with E-state index < -0.39 is 5.97 Å². The van der Waals surface area contributed by atoms with Gasteiger partial charge in [0.05, 0.1) is 18.7 Å². The van der Waals surface area contributed by atoms with Crippen LogP contribution in [0.1, 0.15) is 36.4 Å². The molecule has 1 aromatic heterocycles. The molecule has 1 heterocycles. The fraction of sp³-hybridized carbons (Fsp3) is 0.545. The van der Waals surface area contributed by atoms with Gasteiger partial charge in [-0.3, -0.25) is 0 Å². The molecule has 0 amide bonds. The van der Waals surface area contributed by atoms with E-state index >= 15 is 0 Å². The summed E-state index contributed by atoms with van der Waals surface area (Å²) in [4.78, 5) is 10.6. The van der Waals surface area contributed by atoms with Crippen LogP contribution in [0.15, 0.2) is 16.7 Å². The summed E-state index contributed by atoms with van der Waals surface area (Å²) in [7, 11) is 0. The number of hydrogen-bond donors (Lipinski definition) is 3. The van der Waals surface area contributed by atoms with Crippen molar-refractivity contribution in [2.45, 2.75) is 32.4 Å². The van der Waals surface area contributed by atoms with Gasteiger partial charge < -0.3 is 19.9 Å². The average Bonchev–Trinajstić information content (AvgIpc) is 2.75. The third-order valence-electron chi connectivity index (χ3n) is 2.72. The molecular weight excluding hydrogens is 210 g/mol. The molecule has 0 aliphatic carbocycles. The SMILES string of the molecule is CCC(C)(CO)NCc1cc(C(=O)O)co1. The highest BCUT2D eigenvalue weighted by atomic mass is 16.4. The lowest BCUT2D eigenvalue weighted by Crippen LogP contribution is -2.44. The molecule has 0 saturated heterocycles. The van der Waals surface area contributed by atoms with E-state index in [4.69, 9.17) is 14.6 Å². The van der Waals surface area contributed by atoms with E-state index in [0.717, 1.165) is 6.42 Å². The number of rotatable bonds is 6. The zero-order chi connectivity index (χ0) is 12.2. The van der Waals surface area contributed by atoms with Gasteiger partial charge in [0, 0.05) is 5.54 Å². The molecule has 90 valence electrons. The Bertz CT molecular complexity index is 355. The Hall–Kier alpha value is -1.33. The Morgan fingerprint density at radius 2 is 2.31 bits per heavy atom. The smallest absolute Gasteiger partial charge is 0.338 e. The molecule has 0 radical (unpaired) electrons. The van der Waals surface area contributed by atoms with E-state index in [9.17, 15) is 4.79 Å². The van der Waals surface area contributed by atoms with Crippen LogP contribution in [-0.2, 0) is 6.54 Å². The summed E-state index contributed by atoms with van der Waals surface area (Å²) >= 11 is 0. The van der Waals surface area contributed by atoms with Crippen molar-refractivity contribution in [1.82, 2.24) is 5.32 Å². The van der Waals surface area contributed by atoms with Crippen LogP contribution in [0.2, 0.25) is 0 Å². The highest BCUT2D eigenvalue weighted by molar-refractivity contribution is 5.87. The van der Waals surface area contributed by atoms with Gasteiger partial charge in [0.1, 0.15) is 12.0 Å². The summed E-state index contributed by atoms with van der Waals surface area (Å²) in [6.07, 6.45) is 1.98. The molecule has 0 aromatic carbocycles. The number of carbonyl (C=O) groups is 1. The van der Waals surface area contributed by atoms with Crippen LogP contribution in [0.25, 0.3) is 0 Å². The zero-order valence-electron chi connectivity index (χ0n) is 9.49. The van der Waals surface area contributed by atoms with Crippen molar-refractivity contribution in [2.24, 2.45) is 0 Å². The molecule has 0 fully saturated rings. The molecular formula is C11H17NO4. The number of aliphatic hydroxyl groups excluding tert-OH is 1. The molecule has 1 unspecified atom stereocenters. The summed E-state index contributed by atoms with van der Waals surface area (Å²) in [6, 6.07) is 1.47. The number of nitrogens with one attached hydrogen (secondary N) is 1. The maximum absolute atomic E-state index is 10.6. The molecule has 5 nitrogen and oxygen atoms in total. The third-order valence-corrected chi connectivity index (χ3v) is 2.72. The van der Waals surface area contributed by atoms with Gasteiger partial charge in [-0.1, -0.05) is 6.92 Å². The Morgan fingerprint density at radius 3 is 2.75 bits per heavy atom. The van der Waals surface area contributed by atoms with Gasteiger partial charge in [0.2, 0.25) is 0 Å². The minimum atomic E-state index is -1.00. The highest BCUT2D eigenvalue weighted by Crippen LogP contribution is 2.12. The number of aliphatic hydroxyl groups is 1. The van der Waals surface area contributed by atoms with Crippen molar-refractivity contribution in [3.8, 4) is 0 Å². The minimum absolute atomic E-state index is 0.0238. The van der Waals surface area contributed by atoms with Crippen molar-refractivity contribution in [3.05, 3.63) is 23.7 Å². The fourth-order valence-corrected chi connectivity index (χ4v) is 1.18. The van der Waals surface area contributed by atoms with Crippen LogP contribution in [0.4, 0.5) is 0 Å². The number of furan rings is 1. The summed E-state index contributed by atoms with van der Waals surface area (Å²) in [5.41, 5.74) is -0.227. The molecule has 1 atom stereocenters. The molecule has 0 aliphatic rings. The van der Waals surface area contributed by atoms with Crippen molar-refractivity contribution < 1.29 is 19.4 Å². The van der Waals surface area contributed by atoms with E-state index in [1.165, 1.54) is 12.3 Å². The van der Waals surface area contributed by atoms with Gasteiger partial charge in [0.15, 0.2) is 0 Å². The van der Waals surface area contributed by atoms with Crippen LogP contribution >= 0.6 is 0 Å². The second-order valence-electron chi connectivity index (χ2n) is 4.03. The third kappa shape index (κ3) is 3.08. The highest BCUT2D eigenvalue weighted by Gasteiger charge is 2.20. The monoisotopic (exact) mass is 227 g/mol. The van der Waals surface area contributed by atoms with E-state index in [-0.39, 0.29) is 17.7 Å². The van der Waals surface area contributed by atoms with Crippen LogP contribution in [0.3, 0.4) is 0 Å². The fourth-order valence-electron chi connectivity index (χ4n) is 1.18. The van der Waals surface area contributed by atoms with Gasteiger partial charge in [-0.15, -0.1) is 0 Å². The normalized spacial score (nSPS) is 14.7. The maximum atomic E-state index is 10.6. The van der Waals surface area contributed by atoms with E-state index in [2.05, 4.69) is 5.32 Å². The number of carboxylic acid groups (broad SMARTS) is 1. The molecule has 16 heavy (non-hydrogen) atoms. The second-order valence-corrected chi connectivity index (χ2v) is 4.03. The molecule has 0 aliphatic heterocycles. The zero-order valence-corrected chi connectivity index (χ0v) is 9.49. The minimum Gasteiger partial charge on any atom is -0.478 e. The Morgan fingerprint density at radius 1 is 1.62 bits per heavy atom. The molecule has 0 saturated carbocycles. The van der Waals surface area contributed by atoms with Gasteiger partial charge >= 0.3 is 5.97 Å². The topological polar surface area (TPSA) is 82.7 Å². The first-order chi connectivity index (χ1) is 7.50. The first-order valence-electron chi connectivity index (χ1n) is 5.17. The predicted molar refractivity (Wildman–Crippen MR) is 58.3 cm³/mol. The first kappa shape index (κ1) is 12.7. The average molecular weight is 227 g/mol. The van der Waals surface area contributed by atoms with Crippen LogP contribution in [-0.4, -0.2) is 28.3 Å². The van der Waals surface area contributed by atoms with E-state index in [1.807, 2.05) is 13.8 Å². The lowest BCUT2D eigenvalue weighted by Gasteiger charge is -2.26. The number of carboxylic acids is 1. The van der Waals surface area contributed by atoms with Crippen LogP contribution in [0, 0.1) is 0 Å². The first-order valence-corrected chi connectivity index (χ1v) is 5.17. The van der Waals surface area contributed by atoms with E-state index in [0.29, 0.717) is 12.3 Å². The molecule has 0 spiro atoms. The standard InChI is InChI=1S/C11H17NO4/c1-3-11(2,7-13)12-5-9-4-8(6-16-9)10(14)15/h4,6,12-13H,3,5,7H2,1-2H3,(H,14,15). The maximum Gasteiger partial charge on any atom is 0.338 e. The molecule has 5 heteroatoms. The van der Waals surface area contributed by atoms with Crippen molar-refractivity contribution in [2.75, 3.05) is 6.61 Å². The van der Waals surface area contributed by atoms with Crippen molar-refractivity contribution in [1.29, 1.82) is 0 Å². The van der Waals surface area contributed by atoms with Crippen LogP contribution < -0.4 is 5.32 Å². The summed E-state index contributed by atoms with van der Waals surface area (Å²) in [5.74, 6) is -0.457. The van der Waals surface area contributed by atoms with Gasteiger partial charge in [-0.25, -0.2) is 4.79 Å². The molecule has 1 rings (SSSR count). The Kier molecular flexibility index (Phi) is 4.09.